The Morgan fingerprint density at radius 3 is 2.43 bits per heavy atom. The molecule has 1 aromatic heterocycles. The second kappa shape index (κ2) is 4.26. The van der Waals surface area contributed by atoms with Gasteiger partial charge in [-0.1, -0.05) is 18.2 Å². The number of aromatic nitrogens is 1. The van der Waals surface area contributed by atoms with Crippen molar-refractivity contribution in [3.8, 4) is 11.5 Å². The quantitative estimate of drug-likeness (QED) is 0.790. The molecule has 2 aromatic carbocycles. The summed E-state index contributed by atoms with van der Waals surface area (Å²) in [6.45, 7) is 0.192. The van der Waals surface area contributed by atoms with Crippen LogP contribution in [0.3, 0.4) is 0 Å². The molecule has 0 unspecified atom stereocenters. The fourth-order valence-corrected chi connectivity index (χ4v) is 3.66. The summed E-state index contributed by atoms with van der Waals surface area (Å²) in [5, 5.41) is 0.932. The van der Waals surface area contributed by atoms with Crippen LogP contribution in [0.15, 0.2) is 58.5 Å². The van der Waals surface area contributed by atoms with Gasteiger partial charge in [0.25, 0.3) is 0 Å². The molecule has 21 heavy (non-hydrogen) atoms. The first-order valence-corrected chi connectivity index (χ1v) is 7.85. The molecule has 0 atom stereocenters. The third kappa shape index (κ3) is 1.87. The van der Waals surface area contributed by atoms with Crippen molar-refractivity contribution in [2.75, 3.05) is 6.79 Å². The van der Waals surface area contributed by atoms with Crippen LogP contribution in [0.5, 0.6) is 11.5 Å². The highest BCUT2D eigenvalue weighted by molar-refractivity contribution is 7.91. The summed E-state index contributed by atoms with van der Waals surface area (Å²) in [6.07, 6.45) is 0. The summed E-state index contributed by atoms with van der Waals surface area (Å²) in [4.78, 5) is 3.20. The van der Waals surface area contributed by atoms with Gasteiger partial charge in [-0.3, -0.25) is 0 Å². The SMILES string of the molecule is O=S(=O)(c1ccccc1)c1cc2cc3c(cc2[nH]1)OCO3. The number of rotatable bonds is 2. The van der Waals surface area contributed by atoms with Crippen molar-refractivity contribution in [1.82, 2.24) is 4.98 Å². The molecule has 6 heteroatoms. The summed E-state index contributed by atoms with van der Waals surface area (Å²) >= 11 is 0. The Balaban J connectivity index is 1.88. The number of nitrogens with one attached hydrogen (secondary N) is 1. The summed E-state index contributed by atoms with van der Waals surface area (Å²) in [7, 11) is -3.55. The van der Waals surface area contributed by atoms with Crippen molar-refractivity contribution in [2.45, 2.75) is 9.92 Å². The largest absolute Gasteiger partial charge is 0.454 e. The lowest BCUT2D eigenvalue weighted by molar-refractivity contribution is 0.174. The molecule has 0 spiro atoms. The van der Waals surface area contributed by atoms with Gasteiger partial charge in [-0.25, -0.2) is 8.42 Å². The van der Waals surface area contributed by atoms with E-state index in [1.54, 1.807) is 48.5 Å². The first kappa shape index (κ1) is 12.3. The predicted molar refractivity (Wildman–Crippen MR) is 76.3 cm³/mol. The topological polar surface area (TPSA) is 68.4 Å². The number of fused-ring (bicyclic) bond motifs is 2. The average molecular weight is 301 g/mol. The third-order valence-electron chi connectivity index (χ3n) is 3.43. The van der Waals surface area contributed by atoms with Gasteiger partial charge in [-0.2, -0.15) is 0 Å². The molecule has 1 aliphatic rings. The second-order valence-corrected chi connectivity index (χ2v) is 6.66. The van der Waals surface area contributed by atoms with Crippen LogP contribution in [-0.2, 0) is 9.84 Å². The first-order chi connectivity index (χ1) is 10.1. The maximum absolute atomic E-state index is 12.6. The molecule has 1 N–H and O–H groups in total. The summed E-state index contributed by atoms with van der Waals surface area (Å²) in [5.74, 6) is 1.25. The average Bonchev–Trinajstić information content (AvgIpc) is 3.11. The molecular formula is C15H11NO4S. The number of ether oxygens (including phenoxy) is 2. The van der Waals surface area contributed by atoms with Gasteiger partial charge in [0.2, 0.25) is 16.6 Å². The minimum Gasteiger partial charge on any atom is -0.454 e. The second-order valence-electron chi connectivity index (χ2n) is 4.74. The van der Waals surface area contributed by atoms with Crippen molar-refractivity contribution in [3.05, 3.63) is 48.5 Å². The number of hydrogen-bond acceptors (Lipinski definition) is 4. The number of sulfone groups is 1. The van der Waals surface area contributed by atoms with Crippen molar-refractivity contribution in [2.24, 2.45) is 0 Å². The van der Waals surface area contributed by atoms with Crippen LogP contribution >= 0.6 is 0 Å². The molecule has 0 saturated carbocycles. The molecule has 106 valence electrons. The standard InChI is InChI=1S/C15H11NO4S/c17-21(18,11-4-2-1-3-5-11)15-7-10-6-13-14(20-9-19-13)8-12(10)16-15/h1-8,16H,9H2. The van der Waals surface area contributed by atoms with Gasteiger partial charge in [0.05, 0.1) is 10.4 Å². The van der Waals surface area contributed by atoms with Crippen LogP contribution in [0, 0.1) is 0 Å². The molecule has 1 aliphatic heterocycles. The summed E-state index contributed by atoms with van der Waals surface area (Å²) < 4.78 is 35.7. The number of benzene rings is 2. The molecule has 0 fully saturated rings. The van der Waals surface area contributed by atoms with Gasteiger partial charge in [0.1, 0.15) is 5.03 Å². The fourth-order valence-electron chi connectivity index (χ4n) is 2.37. The molecule has 4 rings (SSSR count). The smallest absolute Gasteiger partial charge is 0.231 e. The van der Waals surface area contributed by atoms with E-state index < -0.39 is 9.84 Å². The lowest BCUT2D eigenvalue weighted by Gasteiger charge is -2.00. The van der Waals surface area contributed by atoms with Gasteiger partial charge in [-0.15, -0.1) is 0 Å². The fraction of sp³-hybridized carbons (Fsp3) is 0.0667. The Hall–Kier alpha value is -2.47. The molecule has 0 amide bonds. The Morgan fingerprint density at radius 2 is 1.67 bits per heavy atom. The lowest BCUT2D eigenvalue weighted by atomic mass is 10.2. The molecule has 0 aliphatic carbocycles. The maximum atomic E-state index is 12.6. The van der Waals surface area contributed by atoms with Gasteiger partial charge in [-0.05, 0) is 24.3 Å². The van der Waals surface area contributed by atoms with E-state index in [0.717, 1.165) is 5.39 Å². The maximum Gasteiger partial charge on any atom is 0.231 e. The van der Waals surface area contributed by atoms with E-state index in [4.69, 9.17) is 9.47 Å². The lowest BCUT2D eigenvalue weighted by Crippen LogP contribution is -2.01. The first-order valence-electron chi connectivity index (χ1n) is 6.37. The van der Waals surface area contributed by atoms with Gasteiger partial charge >= 0.3 is 0 Å². The predicted octanol–water partition coefficient (Wildman–Crippen LogP) is 2.73. The Labute approximate surface area is 121 Å². The molecule has 0 radical (unpaired) electrons. The highest BCUT2D eigenvalue weighted by Crippen LogP contribution is 2.37. The van der Waals surface area contributed by atoms with E-state index >= 15 is 0 Å². The highest BCUT2D eigenvalue weighted by atomic mass is 32.2. The van der Waals surface area contributed by atoms with Crippen LogP contribution in [-0.4, -0.2) is 20.2 Å². The van der Waals surface area contributed by atoms with E-state index in [2.05, 4.69) is 4.98 Å². The molecule has 3 aromatic rings. The van der Waals surface area contributed by atoms with E-state index in [9.17, 15) is 8.42 Å². The zero-order chi connectivity index (χ0) is 14.4. The van der Waals surface area contributed by atoms with Crippen molar-refractivity contribution in [3.63, 3.8) is 0 Å². The Morgan fingerprint density at radius 1 is 0.952 bits per heavy atom. The monoisotopic (exact) mass is 301 g/mol. The van der Waals surface area contributed by atoms with Gasteiger partial charge in [0, 0.05) is 11.5 Å². The van der Waals surface area contributed by atoms with Crippen LogP contribution in [0.25, 0.3) is 10.9 Å². The van der Waals surface area contributed by atoms with Crippen molar-refractivity contribution >= 4 is 20.7 Å². The van der Waals surface area contributed by atoms with Gasteiger partial charge in [0.15, 0.2) is 11.5 Å². The van der Waals surface area contributed by atoms with Crippen molar-refractivity contribution < 1.29 is 17.9 Å². The highest BCUT2D eigenvalue weighted by Gasteiger charge is 2.22. The number of aromatic amines is 1. The van der Waals surface area contributed by atoms with E-state index in [1.165, 1.54) is 0 Å². The van der Waals surface area contributed by atoms with Crippen molar-refractivity contribution in [1.29, 1.82) is 0 Å². The van der Waals surface area contributed by atoms with E-state index in [1.807, 2.05) is 0 Å². The van der Waals surface area contributed by atoms with E-state index in [-0.39, 0.29) is 16.7 Å². The number of H-pyrrole nitrogens is 1. The zero-order valence-electron chi connectivity index (χ0n) is 10.9. The zero-order valence-corrected chi connectivity index (χ0v) is 11.7. The molecular weight excluding hydrogens is 290 g/mol. The van der Waals surface area contributed by atoms with Crippen LogP contribution in [0.4, 0.5) is 0 Å². The summed E-state index contributed by atoms with van der Waals surface area (Å²) in [5.41, 5.74) is 0.703. The molecule has 0 saturated heterocycles. The van der Waals surface area contributed by atoms with Crippen LogP contribution < -0.4 is 9.47 Å². The molecule has 0 bridgehead atoms. The van der Waals surface area contributed by atoms with Gasteiger partial charge < -0.3 is 14.5 Å². The molecule has 5 nitrogen and oxygen atoms in total. The Bertz CT molecular complexity index is 888. The van der Waals surface area contributed by atoms with E-state index in [0.29, 0.717) is 17.0 Å². The normalized spacial score (nSPS) is 13.7. The third-order valence-corrected chi connectivity index (χ3v) is 5.12. The minimum absolute atomic E-state index is 0.160. The molecule has 2 heterocycles. The van der Waals surface area contributed by atoms with Crippen LogP contribution in [0.1, 0.15) is 0 Å². The Kier molecular flexibility index (Phi) is 2.49. The summed E-state index contributed by atoms with van der Waals surface area (Å²) in [6, 6.07) is 13.5. The minimum atomic E-state index is -3.55. The number of hydrogen-bond donors (Lipinski definition) is 1. The van der Waals surface area contributed by atoms with Crippen LogP contribution in [0.2, 0.25) is 0 Å².